The highest BCUT2D eigenvalue weighted by atomic mass is 32.2. The molecule has 4 rings (SSSR count). The Hall–Kier alpha value is -4.06. The number of halogens is 1. The van der Waals surface area contributed by atoms with Gasteiger partial charge in [-0.2, -0.15) is 9.78 Å². The molecule has 2 aromatic heterocycles. The normalized spacial score (nSPS) is 11.1. The van der Waals surface area contributed by atoms with Crippen LogP contribution in [0.15, 0.2) is 69.2 Å². The minimum atomic E-state index is -0.627. The first kappa shape index (κ1) is 20.2. The van der Waals surface area contributed by atoms with Crippen LogP contribution in [0.4, 0.5) is 10.2 Å². The minimum absolute atomic E-state index is 0.000364. The van der Waals surface area contributed by atoms with Gasteiger partial charge in [-0.1, -0.05) is 41.6 Å². The van der Waals surface area contributed by atoms with Gasteiger partial charge in [0.2, 0.25) is 11.6 Å². The van der Waals surface area contributed by atoms with Crippen molar-refractivity contribution in [2.24, 2.45) is 5.10 Å². The van der Waals surface area contributed by atoms with Gasteiger partial charge in [0.1, 0.15) is 5.82 Å². The van der Waals surface area contributed by atoms with Crippen LogP contribution in [-0.4, -0.2) is 37.4 Å². The molecule has 3 N–H and O–H groups in total. The zero-order valence-electron chi connectivity index (χ0n) is 15.8. The molecule has 156 valence electrons. The molecular formula is C19H15FN8O2S. The van der Waals surface area contributed by atoms with Crippen LogP contribution < -0.4 is 11.2 Å². The van der Waals surface area contributed by atoms with E-state index in [4.69, 9.17) is 5.73 Å². The number of nitrogens with two attached hydrogens (primary N) is 1. The average Bonchev–Trinajstić information content (AvgIpc) is 3.40. The lowest BCUT2D eigenvalue weighted by atomic mass is 10.2. The van der Waals surface area contributed by atoms with Crippen LogP contribution >= 0.6 is 11.8 Å². The highest BCUT2D eigenvalue weighted by molar-refractivity contribution is 7.98. The molecule has 0 aliphatic rings. The van der Waals surface area contributed by atoms with E-state index in [1.807, 2.05) is 30.3 Å². The predicted octanol–water partition coefficient (Wildman–Crippen LogP) is 2.43. The van der Waals surface area contributed by atoms with Crippen molar-refractivity contribution in [3.63, 3.8) is 0 Å². The third kappa shape index (κ3) is 4.59. The smallest absolute Gasteiger partial charge is 0.293 e. The molecule has 0 unspecified atom stereocenters. The summed E-state index contributed by atoms with van der Waals surface area (Å²) in [5.74, 6) is -0.647. The first-order valence-electron chi connectivity index (χ1n) is 8.92. The summed E-state index contributed by atoms with van der Waals surface area (Å²) < 4.78 is 19.6. The molecule has 31 heavy (non-hydrogen) atoms. The van der Waals surface area contributed by atoms with E-state index in [1.165, 1.54) is 34.8 Å². The van der Waals surface area contributed by atoms with Crippen molar-refractivity contribution in [1.29, 1.82) is 0 Å². The van der Waals surface area contributed by atoms with Gasteiger partial charge < -0.3 is 5.73 Å². The molecule has 0 aliphatic heterocycles. The van der Waals surface area contributed by atoms with E-state index in [1.54, 1.807) is 12.1 Å². The van der Waals surface area contributed by atoms with E-state index in [9.17, 15) is 9.18 Å². The number of carbonyl (C=O) groups excluding carboxylic acids is 1. The summed E-state index contributed by atoms with van der Waals surface area (Å²) in [6, 6.07) is 15.6. The quantitative estimate of drug-likeness (QED) is 0.255. The number of amides is 1. The van der Waals surface area contributed by atoms with Crippen LogP contribution in [0.1, 0.15) is 21.7 Å². The van der Waals surface area contributed by atoms with Gasteiger partial charge in [0, 0.05) is 16.2 Å². The van der Waals surface area contributed by atoms with E-state index in [2.05, 4.69) is 35.8 Å². The van der Waals surface area contributed by atoms with E-state index < -0.39 is 11.7 Å². The molecular weight excluding hydrogens is 423 g/mol. The summed E-state index contributed by atoms with van der Waals surface area (Å²) in [5.41, 5.74) is 8.76. The van der Waals surface area contributed by atoms with Crippen molar-refractivity contribution in [3.8, 4) is 5.82 Å². The second-order valence-corrected chi connectivity index (χ2v) is 7.14. The number of anilines is 1. The summed E-state index contributed by atoms with van der Waals surface area (Å²) in [4.78, 5) is 13.7. The van der Waals surface area contributed by atoms with Crippen LogP contribution in [0.2, 0.25) is 0 Å². The average molecular weight is 438 g/mol. The third-order valence-electron chi connectivity index (χ3n) is 4.07. The summed E-state index contributed by atoms with van der Waals surface area (Å²) >= 11 is 1.46. The molecule has 2 heterocycles. The molecule has 0 atom stereocenters. The zero-order valence-corrected chi connectivity index (χ0v) is 16.7. The Kier molecular flexibility index (Phi) is 5.98. The van der Waals surface area contributed by atoms with Gasteiger partial charge in [-0.3, -0.25) is 4.79 Å². The highest BCUT2D eigenvalue weighted by Crippen LogP contribution is 2.25. The monoisotopic (exact) mass is 438 g/mol. The number of hydrogen-bond acceptors (Lipinski definition) is 9. The van der Waals surface area contributed by atoms with Gasteiger partial charge in [-0.25, -0.2) is 14.4 Å². The number of hydrazone groups is 1. The number of nitrogens with zero attached hydrogens (tertiary/aromatic N) is 6. The summed E-state index contributed by atoms with van der Waals surface area (Å²) in [6.07, 6.45) is 1.20. The number of carbonyl (C=O) groups is 1. The lowest BCUT2D eigenvalue weighted by Crippen LogP contribution is -2.20. The number of hydrogen-bond donors (Lipinski definition) is 2. The fourth-order valence-corrected chi connectivity index (χ4v) is 3.49. The lowest BCUT2D eigenvalue weighted by Gasteiger charge is -2.05. The van der Waals surface area contributed by atoms with Crippen molar-refractivity contribution in [1.82, 2.24) is 30.7 Å². The second-order valence-electron chi connectivity index (χ2n) is 6.09. The van der Waals surface area contributed by atoms with Gasteiger partial charge in [0.25, 0.3) is 5.91 Å². The van der Waals surface area contributed by atoms with E-state index in [-0.39, 0.29) is 22.9 Å². The molecule has 4 aromatic rings. The van der Waals surface area contributed by atoms with Crippen molar-refractivity contribution in [2.45, 2.75) is 10.6 Å². The molecule has 10 nitrogen and oxygen atoms in total. The third-order valence-corrected chi connectivity index (χ3v) is 5.09. The number of nitrogens with one attached hydrogen (secondary N) is 1. The fourth-order valence-electron chi connectivity index (χ4n) is 2.58. The molecule has 0 bridgehead atoms. The summed E-state index contributed by atoms with van der Waals surface area (Å²) in [7, 11) is 0. The van der Waals surface area contributed by atoms with Gasteiger partial charge in [0.05, 0.1) is 11.9 Å². The number of benzene rings is 2. The van der Waals surface area contributed by atoms with E-state index in [0.29, 0.717) is 11.4 Å². The van der Waals surface area contributed by atoms with Crippen molar-refractivity contribution >= 4 is 29.7 Å². The van der Waals surface area contributed by atoms with Crippen LogP contribution in [0.3, 0.4) is 0 Å². The number of aromatic nitrogens is 5. The first-order valence-corrected chi connectivity index (χ1v) is 9.91. The Bertz CT molecular complexity index is 1220. The highest BCUT2D eigenvalue weighted by Gasteiger charge is 2.24. The fraction of sp³-hybridized carbons (Fsp3) is 0.0526. The van der Waals surface area contributed by atoms with Crippen molar-refractivity contribution in [3.05, 3.63) is 77.4 Å². The Morgan fingerprint density at radius 3 is 2.71 bits per heavy atom. The van der Waals surface area contributed by atoms with Gasteiger partial charge >= 0.3 is 0 Å². The van der Waals surface area contributed by atoms with Crippen molar-refractivity contribution in [2.75, 3.05) is 5.73 Å². The Balaban J connectivity index is 1.58. The number of thioether (sulfide) groups is 1. The van der Waals surface area contributed by atoms with Gasteiger partial charge in [-0.15, -0.1) is 16.9 Å². The number of nitrogen functional groups attached to an aromatic ring is 1. The zero-order chi connectivity index (χ0) is 21.6. The molecule has 1 amide bonds. The maximum Gasteiger partial charge on any atom is 0.293 e. The molecule has 12 heteroatoms. The predicted molar refractivity (Wildman–Crippen MR) is 111 cm³/mol. The summed E-state index contributed by atoms with van der Waals surface area (Å²) in [5, 5.41) is 19.0. The Labute approximate surface area is 179 Å². The maximum atomic E-state index is 13.7. The topological polar surface area (TPSA) is 137 Å². The maximum absolute atomic E-state index is 13.7. The van der Waals surface area contributed by atoms with Crippen LogP contribution in [0.5, 0.6) is 0 Å². The van der Waals surface area contributed by atoms with Crippen molar-refractivity contribution < 1.29 is 13.8 Å². The van der Waals surface area contributed by atoms with Crippen LogP contribution in [-0.2, 0) is 5.75 Å². The van der Waals surface area contributed by atoms with Crippen LogP contribution in [0, 0.1) is 5.82 Å². The molecule has 0 saturated heterocycles. The first-order chi connectivity index (χ1) is 15.1. The molecule has 2 aromatic carbocycles. The van der Waals surface area contributed by atoms with Crippen LogP contribution in [0.25, 0.3) is 5.82 Å². The molecule has 0 saturated carbocycles. The van der Waals surface area contributed by atoms with Gasteiger partial charge in [-0.05, 0) is 28.5 Å². The molecule has 0 spiro atoms. The molecule has 0 radical (unpaired) electrons. The lowest BCUT2D eigenvalue weighted by molar-refractivity contribution is 0.0949. The minimum Gasteiger partial charge on any atom is -0.378 e. The van der Waals surface area contributed by atoms with E-state index in [0.717, 1.165) is 4.90 Å². The molecule has 0 fully saturated rings. The number of rotatable bonds is 7. The largest absolute Gasteiger partial charge is 0.378 e. The van der Waals surface area contributed by atoms with E-state index >= 15 is 0 Å². The second kappa shape index (κ2) is 9.17. The van der Waals surface area contributed by atoms with Gasteiger partial charge in [0.15, 0.2) is 5.69 Å². The SMILES string of the molecule is Nc1nonc1-n1nnc(C(=O)N/N=C/c2ccccc2F)c1CSc1ccccc1. The molecule has 0 aliphatic carbocycles. The standard InChI is InChI=1S/C19H15FN8O2S/c20-14-9-5-4-6-12(14)10-22-24-19(29)16-15(11-31-13-7-2-1-3-8-13)28(27-23-16)18-17(21)25-30-26-18/h1-10H,11H2,(H2,21,25)(H,24,29)/b22-10+. The Morgan fingerprint density at radius 1 is 1.19 bits per heavy atom. The summed E-state index contributed by atoms with van der Waals surface area (Å²) in [6.45, 7) is 0. The Morgan fingerprint density at radius 2 is 1.97 bits per heavy atom.